The molecule has 0 aliphatic heterocycles. The second kappa shape index (κ2) is 8.53. The van der Waals surface area contributed by atoms with Crippen LogP contribution in [0.15, 0.2) is 70.7 Å². The Morgan fingerprint density at radius 2 is 1.80 bits per heavy atom. The second-order valence-electron chi connectivity index (χ2n) is 7.70. The van der Waals surface area contributed by atoms with Crippen LogP contribution in [0.3, 0.4) is 0 Å². The van der Waals surface area contributed by atoms with Crippen LogP contribution in [0.4, 0.5) is 13.2 Å². The highest BCUT2D eigenvalue weighted by Gasteiger charge is 2.56. The highest BCUT2D eigenvalue weighted by atomic mass is 35.5. The molecule has 0 N–H and O–H groups in total. The molecule has 1 aliphatic rings. The number of ether oxygens (including phenoxy) is 1. The number of allylic oxidation sites excluding steroid dienone is 2. The Labute approximate surface area is 178 Å². The highest BCUT2D eigenvalue weighted by molar-refractivity contribution is 6.30. The number of alkyl halides is 3. The summed E-state index contributed by atoms with van der Waals surface area (Å²) in [5.74, 6) is 0.622. The van der Waals surface area contributed by atoms with Crippen molar-refractivity contribution < 1.29 is 17.9 Å². The number of rotatable bonds is 6. The van der Waals surface area contributed by atoms with Crippen molar-refractivity contribution in [1.82, 2.24) is 0 Å². The van der Waals surface area contributed by atoms with E-state index < -0.39 is 22.7 Å². The quantitative estimate of drug-likeness (QED) is 0.458. The van der Waals surface area contributed by atoms with Gasteiger partial charge in [0.2, 0.25) is 0 Å². The molecule has 1 saturated carbocycles. The number of halogens is 4. The molecular formula is C23H20ClF3N2O. The highest BCUT2D eigenvalue weighted by Crippen LogP contribution is 2.59. The average molecular weight is 433 g/mol. The van der Waals surface area contributed by atoms with Gasteiger partial charge in [-0.15, -0.1) is 0 Å². The first kappa shape index (κ1) is 21.9. The van der Waals surface area contributed by atoms with Gasteiger partial charge in [-0.3, -0.25) is 4.99 Å². The molecule has 30 heavy (non-hydrogen) atoms. The monoisotopic (exact) mass is 432 g/mol. The largest absolute Gasteiger partial charge is 0.457 e. The maximum atomic E-state index is 12.7. The van der Waals surface area contributed by atoms with Crippen molar-refractivity contribution >= 4 is 17.8 Å². The van der Waals surface area contributed by atoms with E-state index in [1.807, 2.05) is 44.2 Å². The van der Waals surface area contributed by atoms with E-state index in [9.17, 15) is 18.4 Å². The van der Waals surface area contributed by atoms with Crippen molar-refractivity contribution in [3.63, 3.8) is 0 Å². The van der Waals surface area contributed by atoms with Gasteiger partial charge in [-0.1, -0.05) is 61.9 Å². The Bertz CT molecular complexity index is 993. The lowest BCUT2D eigenvalue weighted by Gasteiger charge is -2.09. The SMILES string of the molecule is CC1(C)C(C=NC(C#N)c2cccc(Oc3ccccc3)c2)C1/C=C(\Cl)C(F)(F)F. The summed E-state index contributed by atoms with van der Waals surface area (Å²) < 4.78 is 43.9. The van der Waals surface area contributed by atoms with Crippen LogP contribution in [0.5, 0.6) is 11.5 Å². The predicted molar refractivity (Wildman–Crippen MR) is 111 cm³/mol. The zero-order valence-electron chi connectivity index (χ0n) is 16.4. The summed E-state index contributed by atoms with van der Waals surface area (Å²) in [5.41, 5.74) is 0.230. The van der Waals surface area contributed by atoms with Crippen LogP contribution < -0.4 is 4.74 Å². The summed E-state index contributed by atoms with van der Waals surface area (Å²) >= 11 is 5.38. The van der Waals surface area contributed by atoms with E-state index in [4.69, 9.17) is 16.3 Å². The van der Waals surface area contributed by atoms with Crippen LogP contribution in [-0.2, 0) is 0 Å². The van der Waals surface area contributed by atoms with Crippen LogP contribution in [-0.4, -0.2) is 12.4 Å². The molecule has 3 unspecified atom stereocenters. The maximum Gasteiger partial charge on any atom is 0.426 e. The predicted octanol–water partition coefficient (Wildman–Crippen LogP) is 7.07. The standard InChI is InChI=1S/C23H20ClF3N2O/c1-22(2)18(12-21(24)23(25,26)27)19(22)14-29-20(13-28)15-7-6-10-17(11-15)30-16-8-4-3-5-9-16/h3-12,14,18-20H,1-2H3/b21-12-,29-14?. The van der Waals surface area contributed by atoms with Gasteiger partial charge in [0.25, 0.3) is 0 Å². The van der Waals surface area contributed by atoms with Gasteiger partial charge >= 0.3 is 6.18 Å². The smallest absolute Gasteiger partial charge is 0.426 e. The molecule has 0 saturated heterocycles. The molecule has 156 valence electrons. The summed E-state index contributed by atoms with van der Waals surface area (Å²) in [4.78, 5) is 4.34. The van der Waals surface area contributed by atoms with E-state index >= 15 is 0 Å². The summed E-state index contributed by atoms with van der Waals surface area (Å²) in [6.45, 7) is 3.70. The minimum atomic E-state index is -4.56. The Morgan fingerprint density at radius 3 is 2.43 bits per heavy atom. The first-order chi connectivity index (χ1) is 14.1. The van der Waals surface area contributed by atoms with Gasteiger partial charge in [0.15, 0.2) is 6.04 Å². The first-order valence-electron chi connectivity index (χ1n) is 9.33. The Kier molecular flexibility index (Phi) is 6.23. The van der Waals surface area contributed by atoms with Crippen molar-refractivity contribution in [3.05, 3.63) is 71.3 Å². The van der Waals surface area contributed by atoms with Crippen molar-refractivity contribution in [1.29, 1.82) is 5.26 Å². The van der Waals surface area contributed by atoms with Crippen LogP contribution >= 0.6 is 11.6 Å². The molecule has 0 radical (unpaired) electrons. The van der Waals surface area contributed by atoms with Gasteiger partial charge in [0, 0.05) is 12.1 Å². The van der Waals surface area contributed by atoms with Gasteiger partial charge < -0.3 is 4.74 Å². The molecule has 2 aromatic carbocycles. The van der Waals surface area contributed by atoms with E-state index in [1.54, 1.807) is 30.5 Å². The molecule has 2 aromatic rings. The van der Waals surface area contributed by atoms with Crippen LogP contribution in [0, 0.1) is 28.6 Å². The minimum absolute atomic E-state index is 0.229. The van der Waals surface area contributed by atoms with Gasteiger partial charge in [-0.2, -0.15) is 18.4 Å². The topological polar surface area (TPSA) is 45.4 Å². The number of hydrogen-bond acceptors (Lipinski definition) is 3. The molecule has 3 atom stereocenters. The van der Waals surface area contributed by atoms with E-state index in [1.165, 1.54) is 0 Å². The zero-order chi connectivity index (χ0) is 21.9. The van der Waals surface area contributed by atoms with Crippen molar-refractivity contribution in [2.45, 2.75) is 26.1 Å². The average Bonchev–Trinajstić information content (AvgIpc) is 3.21. The van der Waals surface area contributed by atoms with E-state index in [0.717, 1.165) is 6.08 Å². The fourth-order valence-corrected chi connectivity index (χ4v) is 3.45. The third kappa shape index (κ3) is 5.03. The number of para-hydroxylation sites is 1. The van der Waals surface area contributed by atoms with Gasteiger partial charge in [-0.05, 0) is 41.2 Å². The molecule has 0 amide bonds. The number of hydrogen-bond donors (Lipinski definition) is 0. The lowest BCUT2D eigenvalue weighted by Crippen LogP contribution is -2.07. The van der Waals surface area contributed by atoms with E-state index in [0.29, 0.717) is 17.1 Å². The van der Waals surface area contributed by atoms with Gasteiger partial charge in [0.1, 0.15) is 16.5 Å². The Morgan fingerprint density at radius 1 is 1.13 bits per heavy atom. The minimum Gasteiger partial charge on any atom is -0.457 e. The van der Waals surface area contributed by atoms with E-state index in [2.05, 4.69) is 11.1 Å². The number of benzene rings is 2. The molecule has 7 heteroatoms. The molecule has 0 aromatic heterocycles. The van der Waals surface area contributed by atoms with E-state index in [-0.39, 0.29) is 11.8 Å². The molecule has 3 rings (SSSR count). The van der Waals surface area contributed by atoms with Crippen molar-refractivity contribution in [2.75, 3.05) is 0 Å². The summed E-state index contributed by atoms with van der Waals surface area (Å²) in [6.07, 6.45) is -1.95. The van der Waals surface area contributed by atoms with Crippen LogP contribution in [0.25, 0.3) is 0 Å². The van der Waals surface area contributed by atoms with Gasteiger partial charge in [0.05, 0.1) is 6.07 Å². The number of nitrogens with zero attached hydrogens (tertiary/aromatic N) is 2. The molecule has 3 nitrogen and oxygen atoms in total. The maximum absolute atomic E-state index is 12.7. The van der Waals surface area contributed by atoms with Crippen LogP contribution in [0.1, 0.15) is 25.5 Å². The Hall–Kier alpha value is -2.78. The molecule has 0 heterocycles. The second-order valence-corrected chi connectivity index (χ2v) is 8.11. The number of nitriles is 1. The molecule has 1 fully saturated rings. The molecule has 0 spiro atoms. The van der Waals surface area contributed by atoms with Gasteiger partial charge in [-0.25, -0.2) is 0 Å². The lowest BCUT2D eigenvalue weighted by molar-refractivity contribution is -0.0848. The molecule has 0 bridgehead atoms. The third-order valence-corrected chi connectivity index (χ3v) is 5.60. The Balaban J connectivity index is 1.74. The zero-order valence-corrected chi connectivity index (χ0v) is 17.2. The fraction of sp³-hybridized carbons (Fsp3) is 0.304. The normalized spacial score (nSPS) is 21.8. The van der Waals surface area contributed by atoms with Crippen molar-refractivity contribution in [2.24, 2.45) is 22.2 Å². The first-order valence-corrected chi connectivity index (χ1v) is 9.71. The number of aliphatic imine (C=N–C) groups is 1. The summed E-state index contributed by atoms with van der Waals surface area (Å²) in [7, 11) is 0. The lowest BCUT2D eigenvalue weighted by atomic mass is 10.1. The fourth-order valence-electron chi connectivity index (χ4n) is 3.32. The summed E-state index contributed by atoms with van der Waals surface area (Å²) in [6, 6.07) is 17.6. The van der Waals surface area contributed by atoms with Crippen LogP contribution in [0.2, 0.25) is 0 Å². The molecule has 1 aliphatic carbocycles. The molecular weight excluding hydrogens is 413 g/mol. The third-order valence-electron chi connectivity index (χ3n) is 5.26. The summed E-state index contributed by atoms with van der Waals surface area (Å²) in [5, 5.41) is 8.43. The van der Waals surface area contributed by atoms with Crippen molar-refractivity contribution in [3.8, 4) is 17.6 Å².